The third kappa shape index (κ3) is 3.14. The van der Waals surface area contributed by atoms with E-state index in [-0.39, 0.29) is 24.5 Å². The molecule has 1 aliphatic carbocycles. The maximum Gasteiger partial charge on any atom is 0.391 e. The van der Waals surface area contributed by atoms with Crippen LogP contribution in [0.25, 0.3) is 0 Å². The molecule has 0 radical (unpaired) electrons. The fourth-order valence-electron chi connectivity index (χ4n) is 2.75. The molecule has 2 rings (SSSR count). The van der Waals surface area contributed by atoms with Gasteiger partial charge in [-0.15, -0.1) is 0 Å². The van der Waals surface area contributed by atoms with Crippen molar-refractivity contribution < 1.29 is 18.0 Å². The number of carbonyl (C=O) groups is 1. The molecule has 0 atom stereocenters. The molecule has 1 aliphatic rings. The van der Waals surface area contributed by atoms with Crippen LogP contribution in [-0.2, 0) is 0 Å². The fourth-order valence-corrected chi connectivity index (χ4v) is 2.75. The number of carbonyl (C=O) groups excluding carboxylic acids is 1. The first-order valence-electron chi connectivity index (χ1n) is 6.76. The Morgan fingerprint density at radius 2 is 1.80 bits per heavy atom. The van der Waals surface area contributed by atoms with Crippen LogP contribution in [0.15, 0.2) is 18.2 Å². The lowest BCUT2D eigenvalue weighted by Crippen LogP contribution is -2.30. The molecule has 1 aromatic rings. The SMILES string of the molecule is Cc1cc(C(=O)C2CCC(C(F)(F)F)CC2)ccc1N. The van der Waals surface area contributed by atoms with Crippen LogP contribution in [0, 0.1) is 18.8 Å². The summed E-state index contributed by atoms with van der Waals surface area (Å²) in [6.07, 6.45) is -3.41. The van der Waals surface area contributed by atoms with Crippen LogP contribution in [0.5, 0.6) is 0 Å². The highest BCUT2D eigenvalue weighted by Crippen LogP contribution is 2.40. The van der Waals surface area contributed by atoms with E-state index in [2.05, 4.69) is 0 Å². The van der Waals surface area contributed by atoms with Crippen molar-refractivity contribution in [1.29, 1.82) is 0 Å². The number of nitrogen functional groups attached to an aromatic ring is 1. The Kier molecular flexibility index (Phi) is 4.06. The zero-order valence-electron chi connectivity index (χ0n) is 11.3. The average Bonchev–Trinajstić information content (AvgIpc) is 2.40. The van der Waals surface area contributed by atoms with Gasteiger partial charge in [-0.25, -0.2) is 0 Å². The molecule has 0 aromatic heterocycles. The molecule has 0 aliphatic heterocycles. The van der Waals surface area contributed by atoms with Crippen LogP contribution in [0.4, 0.5) is 18.9 Å². The van der Waals surface area contributed by atoms with Gasteiger partial charge in [0.2, 0.25) is 0 Å². The van der Waals surface area contributed by atoms with Crippen molar-refractivity contribution in [3.05, 3.63) is 29.3 Å². The molecule has 0 saturated heterocycles. The van der Waals surface area contributed by atoms with Crippen LogP contribution < -0.4 is 5.73 Å². The summed E-state index contributed by atoms with van der Waals surface area (Å²) in [4.78, 5) is 12.3. The van der Waals surface area contributed by atoms with Crippen LogP contribution in [0.3, 0.4) is 0 Å². The van der Waals surface area contributed by atoms with E-state index in [1.807, 2.05) is 6.92 Å². The molecule has 110 valence electrons. The monoisotopic (exact) mass is 285 g/mol. The molecule has 0 unspecified atom stereocenters. The number of hydrogen-bond donors (Lipinski definition) is 1. The Morgan fingerprint density at radius 3 is 2.30 bits per heavy atom. The van der Waals surface area contributed by atoms with E-state index in [4.69, 9.17) is 5.73 Å². The number of alkyl halides is 3. The molecule has 0 spiro atoms. The summed E-state index contributed by atoms with van der Waals surface area (Å²) in [6, 6.07) is 5.04. The third-order valence-electron chi connectivity index (χ3n) is 4.12. The molecule has 2 N–H and O–H groups in total. The summed E-state index contributed by atoms with van der Waals surface area (Å²) in [5.41, 5.74) is 7.68. The van der Waals surface area contributed by atoms with Gasteiger partial charge in [0.15, 0.2) is 5.78 Å². The highest BCUT2D eigenvalue weighted by atomic mass is 19.4. The Bertz CT molecular complexity index is 502. The second-order valence-corrected chi connectivity index (χ2v) is 5.53. The summed E-state index contributed by atoms with van der Waals surface area (Å²) in [7, 11) is 0. The van der Waals surface area contributed by atoms with Crippen molar-refractivity contribution >= 4 is 11.5 Å². The minimum absolute atomic E-state index is 0.0495. The number of aryl methyl sites for hydroxylation is 1. The first kappa shape index (κ1) is 14.9. The Hall–Kier alpha value is -1.52. The van der Waals surface area contributed by atoms with Crippen molar-refractivity contribution in [3.8, 4) is 0 Å². The van der Waals surface area contributed by atoms with Gasteiger partial charge >= 0.3 is 6.18 Å². The summed E-state index contributed by atoms with van der Waals surface area (Å²) in [5.74, 6) is -1.61. The summed E-state index contributed by atoms with van der Waals surface area (Å²) >= 11 is 0. The molecule has 2 nitrogen and oxygen atoms in total. The van der Waals surface area contributed by atoms with E-state index in [0.717, 1.165) is 5.56 Å². The molecular formula is C15H18F3NO. The molecule has 1 saturated carbocycles. The van der Waals surface area contributed by atoms with Crippen LogP contribution in [0.2, 0.25) is 0 Å². The number of halogens is 3. The molecule has 0 amide bonds. The topological polar surface area (TPSA) is 43.1 Å². The van der Waals surface area contributed by atoms with E-state index in [1.165, 1.54) is 0 Å². The number of ketones is 1. The highest BCUT2D eigenvalue weighted by molar-refractivity contribution is 5.98. The first-order valence-corrected chi connectivity index (χ1v) is 6.76. The number of anilines is 1. The number of rotatable bonds is 2. The van der Waals surface area contributed by atoms with E-state index in [0.29, 0.717) is 24.1 Å². The molecule has 0 bridgehead atoms. The average molecular weight is 285 g/mol. The number of benzene rings is 1. The van der Waals surface area contributed by atoms with Crippen molar-refractivity contribution in [2.45, 2.75) is 38.8 Å². The molecule has 1 aromatic carbocycles. The summed E-state index contributed by atoms with van der Waals surface area (Å²) in [6.45, 7) is 1.81. The normalized spacial score (nSPS) is 23.6. The van der Waals surface area contributed by atoms with E-state index in [1.54, 1.807) is 18.2 Å². The molecule has 5 heteroatoms. The summed E-state index contributed by atoms with van der Waals surface area (Å²) < 4.78 is 37.8. The van der Waals surface area contributed by atoms with Gasteiger partial charge in [-0.1, -0.05) is 0 Å². The van der Waals surface area contributed by atoms with Gasteiger partial charge in [-0.3, -0.25) is 4.79 Å². The van der Waals surface area contributed by atoms with Crippen molar-refractivity contribution in [1.82, 2.24) is 0 Å². The van der Waals surface area contributed by atoms with Crippen molar-refractivity contribution in [2.24, 2.45) is 11.8 Å². The van der Waals surface area contributed by atoms with E-state index >= 15 is 0 Å². The second-order valence-electron chi connectivity index (χ2n) is 5.53. The molecular weight excluding hydrogens is 267 g/mol. The maximum absolute atomic E-state index is 12.6. The van der Waals surface area contributed by atoms with Gasteiger partial charge in [-0.2, -0.15) is 13.2 Å². The van der Waals surface area contributed by atoms with Crippen molar-refractivity contribution in [2.75, 3.05) is 5.73 Å². The number of hydrogen-bond acceptors (Lipinski definition) is 2. The lowest BCUT2D eigenvalue weighted by Gasteiger charge is -2.29. The predicted octanol–water partition coefficient (Wildman–Crippen LogP) is 4.13. The van der Waals surface area contributed by atoms with Crippen LogP contribution in [0.1, 0.15) is 41.6 Å². The van der Waals surface area contributed by atoms with Crippen LogP contribution >= 0.6 is 0 Å². The maximum atomic E-state index is 12.6. The number of Topliss-reactive ketones (excluding diaryl/α,β-unsaturated/α-hetero) is 1. The Labute approximate surface area is 116 Å². The van der Waals surface area contributed by atoms with Crippen LogP contribution in [-0.4, -0.2) is 12.0 Å². The largest absolute Gasteiger partial charge is 0.399 e. The lowest BCUT2D eigenvalue weighted by molar-refractivity contribution is -0.183. The molecule has 0 heterocycles. The standard InChI is InChI=1S/C15H18F3NO/c1-9-8-11(4-7-13(9)19)14(20)10-2-5-12(6-3-10)15(16,17)18/h4,7-8,10,12H,2-3,5-6,19H2,1H3. The third-order valence-corrected chi connectivity index (χ3v) is 4.12. The molecule has 20 heavy (non-hydrogen) atoms. The van der Waals surface area contributed by atoms with E-state index in [9.17, 15) is 18.0 Å². The predicted molar refractivity (Wildman–Crippen MR) is 71.4 cm³/mol. The zero-order valence-corrected chi connectivity index (χ0v) is 11.3. The zero-order chi connectivity index (χ0) is 14.9. The minimum atomic E-state index is -4.13. The fraction of sp³-hybridized carbons (Fsp3) is 0.533. The minimum Gasteiger partial charge on any atom is -0.399 e. The lowest BCUT2D eigenvalue weighted by atomic mass is 9.78. The Morgan fingerprint density at radius 1 is 1.20 bits per heavy atom. The smallest absolute Gasteiger partial charge is 0.391 e. The molecule has 1 fully saturated rings. The van der Waals surface area contributed by atoms with Gasteiger partial charge in [-0.05, 0) is 56.4 Å². The van der Waals surface area contributed by atoms with Gasteiger partial charge in [0.1, 0.15) is 0 Å². The first-order chi connectivity index (χ1) is 9.29. The van der Waals surface area contributed by atoms with Gasteiger partial charge in [0.25, 0.3) is 0 Å². The quantitative estimate of drug-likeness (QED) is 0.656. The number of nitrogens with two attached hydrogens (primary N) is 1. The van der Waals surface area contributed by atoms with E-state index < -0.39 is 12.1 Å². The summed E-state index contributed by atoms with van der Waals surface area (Å²) in [5, 5.41) is 0. The van der Waals surface area contributed by atoms with Gasteiger partial charge < -0.3 is 5.73 Å². The van der Waals surface area contributed by atoms with Gasteiger partial charge in [0, 0.05) is 17.2 Å². The second kappa shape index (κ2) is 5.46. The Balaban J connectivity index is 2.03. The van der Waals surface area contributed by atoms with Crippen molar-refractivity contribution in [3.63, 3.8) is 0 Å². The van der Waals surface area contributed by atoms with Gasteiger partial charge in [0.05, 0.1) is 5.92 Å². The highest BCUT2D eigenvalue weighted by Gasteiger charge is 2.42.